The standard InChI is InChI=1S/C14H25N3O2S2/c1-10-14(21-8-7-20-10)13(18)12-11(19-4)9-15-17(12)6-5-16(2)3/h9-10,13-14,18H,5-8H2,1-4H3. The van der Waals surface area contributed by atoms with Crippen LogP contribution in [0, 0.1) is 0 Å². The van der Waals surface area contributed by atoms with Gasteiger partial charge in [-0.25, -0.2) is 0 Å². The van der Waals surface area contributed by atoms with Gasteiger partial charge in [0.2, 0.25) is 0 Å². The van der Waals surface area contributed by atoms with Crippen molar-refractivity contribution in [1.29, 1.82) is 0 Å². The van der Waals surface area contributed by atoms with Crippen LogP contribution in [0.5, 0.6) is 5.75 Å². The van der Waals surface area contributed by atoms with E-state index in [2.05, 4.69) is 16.9 Å². The molecule has 7 heteroatoms. The molecule has 2 heterocycles. The van der Waals surface area contributed by atoms with Gasteiger partial charge in [-0.05, 0) is 14.1 Å². The Morgan fingerprint density at radius 3 is 2.81 bits per heavy atom. The molecule has 1 aliphatic heterocycles. The lowest BCUT2D eigenvalue weighted by Gasteiger charge is -2.32. The molecule has 120 valence electrons. The Balaban J connectivity index is 2.20. The van der Waals surface area contributed by atoms with E-state index in [1.54, 1.807) is 13.3 Å². The third-order valence-corrected chi connectivity index (χ3v) is 6.83. The van der Waals surface area contributed by atoms with Crippen LogP contribution in [0.1, 0.15) is 18.7 Å². The van der Waals surface area contributed by atoms with E-state index in [1.807, 2.05) is 42.3 Å². The van der Waals surface area contributed by atoms with Gasteiger partial charge < -0.3 is 14.7 Å². The fourth-order valence-electron chi connectivity index (χ4n) is 2.46. The minimum absolute atomic E-state index is 0.187. The summed E-state index contributed by atoms with van der Waals surface area (Å²) in [5, 5.41) is 15.9. The van der Waals surface area contributed by atoms with Crippen molar-refractivity contribution in [1.82, 2.24) is 14.7 Å². The normalized spacial score (nSPS) is 24.3. The summed E-state index contributed by atoms with van der Waals surface area (Å²) in [5.74, 6) is 2.93. The highest BCUT2D eigenvalue weighted by atomic mass is 32.2. The van der Waals surface area contributed by atoms with Crippen molar-refractivity contribution < 1.29 is 9.84 Å². The zero-order chi connectivity index (χ0) is 15.4. The summed E-state index contributed by atoms with van der Waals surface area (Å²) >= 11 is 3.78. The monoisotopic (exact) mass is 331 g/mol. The molecule has 1 aliphatic rings. The molecule has 5 nitrogen and oxygen atoms in total. The number of likely N-dealkylation sites (N-methyl/N-ethyl adjacent to an activating group) is 1. The Kier molecular flexibility index (Phi) is 6.28. The number of aliphatic hydroxyl groups excluding tert-OH is 1. The van der Waals surface area contributed by atoms with Crippen molar-refractivity contribution >= 4 is 23.5 Å². The number of methoxy groups -OCH3 is 1. The van der Waals surface area contributed by atoms with E-state index in [9.17, 15) is 5.11 Å². The predicted molar refractivity (Wildman–Crippen MR) is 90.5 cm³/mol. The first kappa shape index (κ1) is 17.0. The minimum atomic E-state index is -0.544. The second-order valence-corrected chi connectivity index (χ2v) is 8.25. The Morgan fingerprint density at radius 2 is 2.19 bits per heavy atom. The van der Waals surface area contributed by atoms with Crippen LogP contribution in [-0.4, -0.2) is 69.5 Å². The highest BCUT2D eigenvalue weighted by Crippen LogP contribution is 2.40. The maximum Gasteiger partial charge on any atom is 0.162 e. The molecule has 2 rings (SSSR count). The van der Waals surface area contributed by atoms with Crippen molar-refractivity contribution in [2.75, 3.05) is 39.3 Å². The van der Waals surface area contributed by atoms with Gasteiger partial charge in [-0.1, -0.05) is 6.92 Å². The molecule has 0 bridgehead atoms. The van der Waals surface area contributed by atoms with E-state index in [4.69, 9.17) is 4.74 Å². The van der Waals surface area contributed by atoms with Crippen molar-refractivity contribution in [3.63, 3.8) is 0 Å². The number of aliphatic hydroxyl groups is 1. The Bertz CT molecular complexity index is 453. The summed E-state index contributed by atoms with van der Waals surface area (Å²) in [5.41, 5.74) is 0.811. The molecule has 0 spiro atoms. The van der Waals surface area contributed by atoms with Gasteiger partial charge in [-0.15, -0.1) is 0 Å². The van der Waals surface area contributed by atoms with Gasteiger partial charge in [0.15, 0.2) is 5.75 Å². The first-order chi connectivity index (χ1) is 10.0. The molecule has 0 amide bonds. The van der Waals surface area contributed by atoms with Gasteiger partial charge in [0.25, 0.3) is 0 Å². The smallest absolute Gasteiger partial charge is 0.162 e. The van der Waals surface area contributed by atoms with Gasteiger partial charge in [-0.3, -0.25) is 4.68 Å². The number of ether oxygens (including phenoxy) is 1. The zero-order valence-electron chi connectivity index (χ0n) is 13.2. The van der Waals surface area contributed by atoms with E-state index in [-0.39, 0.29) is 5.25 Å². The van der Waals surface area contributed by atoms with E-state index >= 15 is 0 Å². The summed E-state index contributed by atoms with van der Waals surface area (Å²) in [6.45, 7) is 3.83. The lowest BCUT2D eigenvalue weighted by molar-refractivity contribution is 0.157. The molecule has 1 N–H and O–H groups in total. The van der Waals surface area contributed by atoms with E-state index < -0.39 is 6.10 Å². The maximum atomic E-state index is 10.9. The minimum Gasteiger partial charge on any atom is -0.493 e. The fraction of sp³-hybridized carbons (Fsp3) is 0.786. The average Bonchev–Trinajstić information content (AvgIpc) is 2.87. The number of nitrogens with zero attached hydrogens (tertiary/aromatic N) is 3. The molecule has 1 saturated heterocycles. The molecule has 1 aromatic heterocycles. The van der Waals surface area contributed by atoms with Crippen LogP contribution in [0.15, 0.2) is 6.20 Å². The largest absolute Gasteiger partial charge is 0.493 e. The number of thioether (sulfide) groups is 2. The SMILES string of the molecule is COc1cnn(CCN(C)C)c1C(O)C1SCCSC1C. The molecule has 0 saturated carbocycles. The van der Waals surface area contributed by atoms with Crippen molar-refractivity contribution in [3.05, 3.63) is 11.9 Å². The molecule has 1 aromatic rings. The quantitative estimate of drug-likeness (QED) is 0.857. The van der Waals surface area contributed by atoms with Crippen LogP contribution >= 0.6 is 23.5 Å². The Labute approximate surface area is 135 Å². The van der Waals surface area contributed by atoms with E-state index in [0.717, 1.165) is 30.3 Å². The molecule has 21 heavy (non-hydrogen) atoms. The predicted octanol–water partition coefficient (Wildman–Crippen LogP) is 1.72. The maximum absolute atomic E-state index is 10.9. The van der Waals surface area contributed by atoms with Gasteiger partial charge in [-0.2, -0.15) is 28.6 Å². The van der Waals surface area contributed by atoms with Crippen LogP contribution in [0.25, 0.3) is 0 Å². The van der Waals surface area contributed by atoms with Crippen LogP contribution in [0.2, 0.25) is 0 Å². The lowest BCUT2D eigenvalue weighted by Crippen LogP contribution is -2.31. The summed E-state index contributed by atoms with van der Waals surface area (Å²) in [6, 6.07) is 0. The number of hydrogen-bond donors (Lipinski definition) is 1. The van der Waals surface area contributed by atoms with Crippen molar-refractivity contribution in [3.8, 4) is 5.75 Å². The zero-order valence-corrected chi connectivity index (χ0v) is 14.8. The van der Waals surface area contributed by atoms with Gasteiger partial charge in [0, 0.05) is 28.6 Å². The lowest BCUT2D eigenvalue weighted by atomic mass is 10.1. The fourth-order valence-corrected chi connectivity index (χ4v) is 5.26. The van der Waals surface area contributed by atoms with Crippen LogP contribution in [0.4, 0.5) is 0 Å². The molecular formula is C14H25N3O2S2. The average molecular weight is 332 g/mol. The first-order valence-electron chi connectivity index (χ1n) is 7.20. The second-order valence-electron chi connectivity index (χ2n) is 5.48. The molecule has 3 atom stereocenters. The Hall–Kier alpha value is -0.370. The summed E-state index contributed by atoms with van der Waals surface area (Å²) in [7, 11) is 5.70. The Morgan fingerprint density at radius 1 is 1.48 bits per heavy atom. The van der Waals surface area contributed by atoms with Crippen LogP contribution < -0.4 is 4.74 Å². The van der Waals surface area contributed by atoms with Crippen LogP contribution in [-0.2, 0) is 6.54 Å². The number of hydrogen-bond acceptors (Lipinski definition) is 6. The van der Waals surface area contributed by atoms with Gasteiger partial charge in [0.05, 0.1) is 19.9 Å². The highest BCUT2D eigenvalue weighted by Gasteiger charge is 2.34. The topological polar surface area (TPSA) is 50.5 Å². The summed E-state index contributed by atoms with van der Waals surface area (Å²) in [4.78, 5) is 2.11. The highest BCUT2D eigenvalue weighted by molar-refractivity contribution is 8.07. The first-order valence-corrected chi connectivity index (χ1v) is 9.30. The summed E-state index contributed by atoms with van der Waals surface area (Å²) < 4.78 is 7.29. The third-order valence-electron chi connectivity index (χ3n) is 3.65. The van der Waals surface area contributed by atoms with E-state index in [0.29, 0.717) is 11.0 Å². The molecule has 0 aromatic carbocycles. The third kappa shape index (κ3) is 4.09. The van der Waals surface area contributed by atoms with E-state index in [1.165, 1.54) is 0 Å². The number of rotatable bonds is 6. The molecular weight excluding hydrogens is 306 g/mol. The molecule has 0 radical (unpaired) electrons. The molecule has 1 fully saturated rings. The molecule has 3 unspecified atom stereocenters. The van der Waals surface area contributed by atoms with Crippen molar-refractivity contribution in [2.45, 2.75) is 30.1 Å². The van der Waals surface area contributed by atoms with Gasteiger partial charge >= 0.3 is 0 Å². The molecule has 0 aliphatic carbocycles. The number of aromatic nitrogens is 2. The van der Waals surface area contributed by atoms with Crippen molar-refractivity contribution in [2.24, 2.45) is 0 Å². The van der Waals surface area contributed by atoms with Gasteiger partial charge in [0.1, 0.15) is 11.8 Å². The summed E-state index contributed by atoms with van der Waals surface area (Å²) in [6.07, 6.45) is 1.16. The van der Waals surface area contributed by atoms with Crippen LogP contribution in [0.3, 0.4) is 0 Å². The second kappa shape index (κ2) is 7.76.